The van der Waals surface area contributed by atoms with Crippen molar-refractivity contribution in [1.82, 2.24) is 10.2 Å². The molecule has 3 N–H and O–H groups in total. The summed E-state index contributed by atoms with van der Waals surface area (Å²) in [6.45, 7) is 1.80. The molecule has 1 aliphatic rings. The third-order valence-electron chi connectivity index (χ3n) is 2.35. The molecule has 0 aliphatic carbocycles. The van der Waals surface area contributed by atoms with Gasteiger partial charge in [-0.25, -0.2) is 8.42 Å². The van der Waals surface area contributed by atoms with Crippen LogP contribution in [0.2, 0.25) is 0 Å². The van der Waals surface area contributed by atoms with Crippen molar-refractivity contribution in [1.29, 1.82) is 0 Å². The van der Waals surface area contributed by atoms with Crippen molar-refractivity contribution in [2.75, 3.05) is 22.6 Å². The minimum Gasteiger partial charge on any atom is -0.390 e. The van der Waals surface area contributed by atoms with E-state index in [2.05, 4.69) is 15.5 Å². The van der Waals surface area contributed by atoms with Gasteiger partial charge in [0.1, 0.15) is 0 Å². The average Bonchev–Trinajstić information content (AvgIpc) is 2.57. The lowest BCUT2D eigenvalue weighted by molar-refractivity contribution is 0.520. The van der Waals surface area contributed by atoms with Crippen LogP contribution in [0.15, 0.2) is 4.42 Å². The van der Waals surface area contributed by atoms with Crippen molar-refractivity contribution in [3.8, 4) is 0 Å². The van der Waals surface area contributed by atoms with Crippen molar-refractivity contribution < 1.29 is 12.8 Å². The average molecular weight is 232 g/mol. The molecule has 0 spiro atoms. The Morgan fingerprint density at radius 2 is 2.27 bits per heavy atom. The molecule has 8 heteroatoms. The largest absolute Gasteiger partial charge is 0.390 e. The molecule has 84 valence electrons. The molecule has 1 fully saturated rings. The number of nitrogens with two attached hydrogens (primary N) is 1. The van der Waals surface area contributed by atoms with Gasteiger partial charge in [0.05, 0.1) is 17.0 Å². The quantitative estimate of drug-likeness (QED) is 0.716. The molecule has 0 aromatic carbocycles. The maximum absolute atomic E-state index is 11.3. The van der Waals surface area contributed by atoms with Crippen LogP contribution in [0.25, 0.3) is 0 Å². The fourth-order valence-electron chi connectivity index (χ4n) is 1.65. The predicted octanol–water partition coefficient (Wildman–Crippen LogP) is -0.359. The number of hydrogen-bond donors (Lipinski definition) is 2. The van der Waals surface area contributed by atoms with Gasteiger partial charge >= 0.3 is 12.0 Å². The molecule has 0 bridgehead atoms. The van der Waals surface area contributed by atoms with E-state index in [1.54, 1.807) is 6.92 Å². The molecule has 1 aromatic heterocycles. The summed E-state index contributed by atoms with van der Waals surface area (Å²) in [6, 6.07) is 0.119. The van der Waals surface area contributed by atoms with E-state index in [0.717, 1.165) is 0 Å². The normalized spacial score (nSPS) is 29.1. The molecule has 1 aliphatic heterocycles. The summed E-state index contributed by atoms with van der Waals surface area (Å²) in [7, 11) is -2.95. The van der Waals surface area contributed by atoms with Crippen LogP contribution in [0, 0.1) is 0 Å². The van der Waals surface area contributed by atoms with Gasteiger partial charge in [-0.3, -0.25) is 0 Å². The second-order valence-corrected chi connectivity index (χ2v) is 6.16. The summed E-state index contributed by atoms with van der Waals surface area (Å²) in [4.78, 5) is 0. The highest BCUT2D eigenvalue weighted by molar-refractivity contribution is 7.91. The molecule has 0 saturated carbocycles. The van der Waals surface area contributed by atoms with Crippen molar-refractivity contribution in [3.63, 3.8) is 0 Å². The maximum Gasteiger partial charge on any atom is 0.317 e. The second kappa shape index (κ2) is 3.09. The highest BCUT2D eigenvalue weighted by atomic mass is 32.2. The zero-order chi connectivity index (χ0) is 11.1. The van der Waals surface area contributed by atoms with Crippen LogP contribution < -0.4 is 11.1 Å². The number of aromatic nitrogens is 2. The lowest BCUT2D eigenvalue weighted by Crippen LogP contribution is -2.35. The first-order chi connectivity index (χ1) is 6.89. The van der Waals surface area contributed by atoms with Crippen LogP contribution in [0.5, 0.6) is 0 Å². The Labute approximate surface area is 87.0 Å². The van der Waals surface area contributed by atoms with Gasteiger partial charge in [0.15, 0.2) is 9.84 Å². The van der Waals surface area contributed by atoms with E-state index in [1.807, 2.05) is 0 Å². The van der Waals surface area contributed by atoms with Crippen molar-refractivity contribution in [3.05, 3.63) is 0 Å². The van der Waals surface area contributed by atoms with E-state index in [0.29, 0.717) is 6.42 Å². The van der Waals surface area contributed by atoms with Crippen LogP contribution in [0.3, 0.4) is 0 Å². The predicted molar refractivity (Wildman–Crippen MR) is 54.0 cm³/mol. The standard InChI is InChI=1S/C7H12N4O3S/c1-7(2-3-15(12,13)4-7)9-6-11-10-5(8)14-6/h2-4H2,1H3,(H2,8,10)(H,9,11). The van der Waals surface area contributed by atoms with Gasteiger partial charge in [-0.1, -0.05) is 10.2 Å². The first-order valence-corrected chi connectivity index (χ1v) is 6.28. The smallest absolute Gasteiger partial charge is 0.317 e. The van der Waals surface area contributed by atoms with Gasteiger partial charge in [-0.05, 0) is 13.3 Å². The minimum atomic E-state index is -2.95. The molecule has 15 heavy (non-hydrogen) atoms. The summed E-state index contributed by atoms with van der Waals surface area (Å²) in [5.41, 5.74) is 4.71. The Balaban J connectivity index is 2.13. The van der Waals surface area contributed by atoms with E-state index in [-0.39, 0.29) is 23.5 Å². The number of anilines is 2. The molecular weight excluding hydrogens is 220 g/mol. The lowest BCUT2D eigenvalue weighted by atomic mass is 10.0. The SMILES string of the molecule is CC1(Nc2nnc(N)o2)CCS(=O)(=O)C1. The van der Waals surface area contributed by atoms with Gasteiger partial charge in [-0.15, -0.1) is 0 Å². The zero-order valence-corrected chi connectivity index (χ0v) is 9.04. The first kappa shape index (κ1) is 10.2. The number of nitrogens with one attached hydrogen (secondary N) is 1. The summed E-state index contributed by atoms with van der Waals surface area (Å²) < 4.78 is 27.5. The van der Waals surface area contributed by atoms with Gasteiger partial charge in [0, 0.05) is 0 Å². The minimum absolute atomic E-state index is 0.0399. The monoisotopic (exact) mass is 232 g/mol. The fourth-order valence-corrected chi connectivity index (χ4v) is 3.75. The van der Waals surface area contributed by atoms with Gasteiger partial charge in [-0.2, -0.15) is 0 Å². The Kier molecular flexibility index (Phi) is 2.10. The number of hydrogen-bond acceptors (Lipinski definition) is 7. The maximum atomic E-state index is 11.3. The van der Waals surface area contributed by atoms with Crippen molar-refractivity contribution >= 4 is 21.9 Å². The molecule has 1 atom stereocenters. The second-order valence-electron chi connectivity index (χ2n) is 3.97. The van der Waals surface area contributed by atoms with E-state index in [9.17, 15) is 8.42 Å². The highest BCUT2D eigenvalue weighted by Gasteiger charge is 2.39. The number of nitrogen functional groups attached to an aromatic ring is 1. The molecular formula is C7H12N4O3S. The molecule has 2 heterocycles. The lowest BCUT2D eigenvalue weighted by Gasteiger charge is -2.21. The number of sulfone groups is 1. The van der Waals surface area contributed by atoms with Gasteiger partial charge < -0.3 is 15.5 Å². The van der Waals surface area contributed by atoms with Crippen LogP contribution in [-0.2, 0) is 9.84 Å². The van der Waals surface area contributed by atoms with Crippen LogP contribution in [0.1, 0.15) is 13.3 Å². The van der Waals surface area contributed by atoms with Crippen LogP contribution in [0.4, 0.5) is 12.0 Å². The summed E-state index contributed by atoms with van der Waals surface area (Å²) >= 11 is 0. The van der Waals surface area contributed by atoms with Crippen LogP contribution >= 0.6 is 0 Å². The topological polar surface area (TPSA) is 111 Å². The molecule has 0 amide bonds. The molecule has 0 radical (unpaired) electrons. The summed E-state index contributed by atoms with van der Waals surface area (Å²) in [5.74, 6) is 0.252. The fraction of sp³-hybridized carbons (Fsp3) is 0.714. The summed E-state index contributed by atoms with van der Waals surface area (Å²) in [6.07, 6.45) is 0.525. The Morgan fingerprint density at radius 3 is 2.73 bits per heavy atom. The van der Waals surface area contributed by atoms with E-state index < -0.39 is 15.4 Å². The number of nitrogens with zero attached hydrogens (tertiary/aromatic N) is 2. The first-order valence-electron chi connectivity index (χ1n) is 4.46. The van der Waals surface area contributed by atoms with Gasteiger partial charge in [0.25, 0.3) is 0 Å². The van der Waals surface area contributed by atoms with E-state index in [4.69, 9.17) is 10.2 Å². The molecule has 7 nitrogen and oxygen atoms in total. The van der Waals surface area contributed by atoms with Crippen LogP contribution in [-0.4, -0.2) is 35.7 Å². The third-order valence-corrected chi connectivity index (χ3v) is 4.26. The van der Waals surface area contributed by atoms with Gasteiger partial charge in [0.2, 0.25) is 0 Å². The molecule has 1 unspecified atom stereocenters. The Bertz CT molecular complexity index is 468. The van der Waals surface area contributed by atoms with Crippen molar-refractivity contribution in [2.45, 2.75) is 18.9 Å². The molecule has 1 aromatic rings. The molecule has 1 saturated heterocycles. The van der Waals surface area contributed by atoms with Crippen molar-refractivity contribution in [2.24, 2.45) is 0 Å². The third kappa shape index (κ3) is 2.20. The summed E-state index contributed by atoms with van der Waals surface area (Å²) in [5, 5.41) is 9.99. The Hall–Kier alpha value is -1.31. The highest BCUT2D eigenvalue weighted by Crippen LogP contribution is 2.26. The van der Waals surface area contributed by atoms with E-state index >= 15 is 0 Å². The van der Waals surface area contributed by atoms with E-state index in [1.165, 1.54) is 0 Å². The number of rotatable bonds is 2. The molecule has 2 rings (SSSR count). The zero-order valence-electron chi connectivity index (χ0n) is 8.23. The Morgan fingerprint density at radius 1 is 1.53 bits per heavy atom.